The zero-order valence-corrected chi connectivity index (χ0v) is 16.2. The van der Waals surface area contributed by atoms with Gasteiger partial charge in [0.15, 0.2) is 11.5 Å². The quantitative estimate of drug-likeness (QED) is 0.644. The first-order chi connectivity index (χ1) is 13.5. The zero-order valence-electron chi connectivity index (χ0n) is 15.4. The van der Waals surface area contributed by atoms with Gasteiger partial charge in [-0.2, -0.15) is 13.2 Å². The second-order valence-corrected chi connectivity index (χ2v) is 8.23. The standard InChI is InChI=1S/C21H22F3NO2S/c22-21(23,24)17-3-1-2-15(12-17)16-6-7-25(14-16)8-11-28-18-4-5-19-20(13-18)27-10-9-26-19/h1-5,12-13,16H,6-11,14H2. The van der Waals surface area contributed by atoms with Crippen molar-refractivity contribution in [1.29, 1.82) is 0 Å². The Morgan fingerprint density at radius 3 is 2.68 bits per heavy atom. The summed E-state index contributed by atoms with van der Waals surface area (Å²) in [4.78, 5) is 3.47. The van der Waals surface area contributed by atoms with Crippen LogP contribution in [0, 0.1) is 0 Å². The topological polar surface area (TPSA) is 21.7 Å². The van der Waals surface area contributed by atoms with Gasteiger partial charge >= 0.3 is 6.18 Å². The first-order valence-corrected chi connectivity index (χ1v) is 10.4. The van der Waals surface area contributed by atoms with E-state index in [1.165, 1.54) is 12.1 Å². The third-order valence-electron chi connectivity index (χ3n) is 5.15. The van der Waals surface area contributed by atoms with Gasteiger partial charge in [-0.3, -0.25) is 0 Å². The fraction of sp³-hybridized carbons (Fsp3) is 0.429. The molecule has 0 spiro atoms. The molecule has 2 aromatic rings. The maximum absolute atomic E-state index is 12.9. The Morgan fingerprint density at radius 2 is 1.86 bits per heavy atom. The molecule has 2 aliphatic heterocycles. The highest BCUT2D eigenvalue weighted by molar-refractivity contribution is 7.99. The smallest absolute Gasteiger partial charge is 0.416 e. The van der Waals surface area contributed by atoms with Crippen LogP contribution in [-0.4, -0.2) is 43.5 Å². The Kier molecular flexibility index (Phi) is 5.73. The van der Waals surface area contributed by atoms with Crippen molar-refractivity contribution < 1.29 is 22.6 Å². The van der Waals surface area contributed by atoms with E-state index in [0.29, 0.717) is 13.2 Å². The third kappa shape index (κ3) is 4.58. The number of halogens is 3. The van der Waals surface area contributed by atoms with Gasteiger partial charge in [-0.1, -0.05) is 18.2 Å². The molecule has 0 aromatic heterocycles. The number of hydrogen-bond acceptors (Lipinski definition) is 4. The summed E-state index contributed by atoms with van der Waals surface area (Å²) < 4.78 is 50.0. The van der Waals surface area contributed by atoms with Gasteiger partial charge in [0.2, 0.25) is 0 Å². The van der Waals surface area contributed by atoms with E-state index in [2.05, 4.69) is 4.90 Å². The normalized spacial score (nSPS) is 19.8. The van der Waals surface area contributed by atoms with Crippen LogP contribution in [0.3, 0.4) is 0 Å². The van der Waals surface area contributed by atoms with Gasteiger partial charge in [0.05, 0.1) is 5.56 Å². The molecular weight excluding hydrogens is 387 g/mol. The number of rotatable bonds is 5. The maximum Gasteiger partial charge on any atom is 0.416 e. The van der Waals surface area contributed by atoms with Crippen molar-refractivity contribution >= 4 is 11.8 Å². The van der Waals surface area contributed by atoms with Crippen molar-refractivity contribution in [3.8, 4) is 11.5 Å². The van der Waals surface area contributed by atoms with Gasteiger partial charge in [0, 0.05) is 23.7 Å². The molecule has 1 fully saturated rings. The van der Waals surface area contributed by atoms with E-state index in [1.807, 2.05) is 24.3 Å². The minimum absolute atomic E-state index is 0.168. The molecule has 1 atom stereocenters. The Bertz CT molecular complexity index is 828. The molecule has 4 rings (SSSR count). The number of hydrogen-bond donors (Lipinski definition) is 0. The number of ether oxygens (including phenoxy) is 2. The average Bonchev–Trinajstić information content (AvgIpc) is 3.16. The summed E-state index contributed by atoms with van der Waals surface area (Å²) in [5.74, 6) is 2.68. The lowest BCUT2D eigenvalue weighted by atomic mass is 9.96. The Morgan fingerprint density at radius 1 is 1.04 bits per heavy atom. The molecule has 3 nitrogen and oxygen atoms in total. The van der Waals surface area contributed by atoms with Gasteiger partial charge in [0.1, 0.15) is 13.2 Å². The molecular formula is C21H22F3NO2S. The summed E-state index contributed by atoms with van der Waals surface area (Å²) in [6.45, 7) is 3.80. The van der Waals surface area contributed by atoms with Crippen molar-refractivity contribution in [1.82, 2.24) is 4.90 Å². The van der Waals surface area contributed by atoms with Gasteiger partial charge in [-0.25, -0.2) is 0 Å². The van der Waals surface area contributed by atoms with E-state index in [1.54, 1.807) is 11.8 Å². The molecule has 2 heterocycles. The molecule has 7 heteroatoms. The molecule has 0 N–H and O–H groups in total. The lowest BCUT2D eigenvalue weighted by molar-refractivity contribution is -0.137. The van der Waals surface area contributed by atoms with Crippen LogP contribution in [0.15, 0.2) is 47.4 Å². The number of fused-ring (bicyclic) bond motifs is 1. The van der Waals surface area contributed by atoms with Crippen LogP contribution in [0.25, 0.3) is 0 Å². The number of likely N-dealkylation sites (tertiary alicyclic amines) is 1. The monoisotopic (exact) mass is 409 g/mol. The second-order valence-electron chi connectivity index (χ2n) is 7.06. The van der Waals surface area contributed by atoms with Crippen molar-refractivity contribution in [2.75, 3.05) is 38.6 Å². The van der Waals surface area contributed by atoms with Crippen LogP contribution in [-0.2, 0) is 6.18 Å². The first kappa shape index (κ1) is 19.5. The third-order valence-corrected chi connectivity index (χ3v) is 6.12. The van der Waals surface area contributed by atoms with E-state index in [9.17, 15) is 13.2 Å². The largest absolute Gasteiger partial charge is 0.486 e. The van der Waals surface area contributed by atoms with Crippen LogP contribution >= 0.6 is 11.8 Å². The summed E-state index contributed by atoms with van der Waals surface area (Å²) in [5.41, 5.74) is 0.231. The molecule has 0 saturated carbocycles. The molecule has 2 aromatic carbocycles. The summed E-state index contributed by atoms with van der Waals surface area (Å²) in [6.07, 6.45) is -3.38. The van der Waals surface area contributed by atoms with Gasteiger partial charge < -0.3 is 14.4 Å². The number of alkyl halides is 3. The molecule has 0 aliphatic carbocycles. The van der Waals surface area contributed by atoms with Crippen molar-refractivity contribution in [3.05, 3.63) is 53.6 Å². The zero-order chi connectivity index (χ0) is 19.6. The highest BCUT2D eigenvalue weighted by atomic mass is 32.2. The van der Waals surface area contributed by atoms with E-state index >= 15 is 0 Å². The molecule has 0 bridgehead atoms. The number of nitrogens with zero attached hydrogens (tertiary/aromatic N) is 1. The molecule has 150 valence electrons. The second kappa shape index (κ2) is 8.25. The fourth-order valence-electron chi connectivity index (χ4n) is 3.68. The van der Waals surface area contributed by atoms with Crippen LogP contribution in [0.1, 0.15) is 23.5 Å². The van der Waals surface area contributed by atoms with Gasteiger partial charge in [0.25, 0.3) is 0 Å². The van der Waals surface area contributed by atoms with Crippen molar-refractivity contribution in [2.45, 2.75) is 23.4 Å². The SMILES string of the molecule is FC(F)(F)c1cccc(C2CCN(CCSc3ccc4c(c3)OCCO4)C2)c1. The number of thioether (sulfide) groups is 1. The summed E-state index contributed by atoms with van der Waals surface area (Å²) in [6, 6.07) is 11.8. The number of benzene rings is 2. The molecule has 0 radical (unpaired) electrons. The Labute approximate surface area is 166 Å². The fourth-order valence-corrected chi connectivity index (χ4v) is 4.62. The van der Waals surface area contributed by atoms with Crippen molar-refractivity contribution in [2.24, 2.45) is 0 Å². The first-order valence-electron chi connectivity index (χ1n) is 9.41. The molecule has 28 heavy (non-hydrogen) atoms. The lowest BCUT2D eigenvalue weighted by Gasteiger charge is -2.19. The molecule has 1 unspecified atom stereocenters. The van der Waals surface area contributed by atoms with E-state index in [-0.39, 0.29) is 5.92 Å². The highest BCUT2D eigenvalue weighted by Gasteiger charge is 2.32. The van der Waals surface area contributed by atoms with Gasteiger partial charge in [-0.15, -0.1) is 11.8 Å². The minimum atomic E-state index is -4.28. The van der Waals surface area contributed by atoms with E-state index < -0.39 is 11.7 Å². The van der Waals surface area contributed by atoms with Crippen LogP contribution < -0.4 is 9.47 Å². The highest BCUT2D eigenvalue weighted by Crippen LogP contribution is 2.35. The van der Waals surface area contributed by atoms with Crippen LogP contribution in [0.4, 0.5) is 13.2 Å². The predicted molar refractivity (Wildman–Crippen MR) is 103 cm³/mol. The Balaban J connectivity index is 1.28. The average molecular weight is 409 g/mol. The Hall–Kier alpha value is -1.86. The predicted octanol–water partition coefficient (Wildman–Crippen LogP) is 5.06. The maximum atomic E-state index is 12.9. The van der Waals surface area contributed by atoms with E-state index in [0.717, 1.165) is 59.8 Å². The summed E-state index contributed by atoms with van der Waals surface area (Å²) >= 11 is 1.76. The van der Waals surface area contributed by atoms with Crippen molar-refractivity contribution in [3.63, 3.8) is 0 Å². The molecule has 0 amide bonds. The van der Waals surface area contributed by atoms with Crippen LogP contribution in [0.2, 0.25) is 0 Å². The molecule has 2 aliphatic rings. The molecule has 1 saturated heterocycles. The minimum Gasteiger partial charge on any atom is -0.486 e. The van der Waals surface area contributed by atoms with E-state index in [4.69, 9.17) is 9.47 Å². The summed E-state index contributed by atoms with van der Waals surface area (Å²) in [7, 11) is 0. The lowest BCUT2D eigenvalue weighted by Crippen LogP contribution is -2.23. The van der Waals surface area contributed by atoms with Gasteiger partial charge in [-0.05, 0) is 48.7 Å². The summed E-state index contributed by atoms with van der Waals surface area (Å²) in [5, 5.41) is 0. The van der Waals surface area contributed by atoms with Crippen LogP contribution in [0.5, 0.6) is 11.5 Å².